The second-order valence-electron chi connectivity index (χ2n) is 39.7. The zero-order valence-corrected chi connectivity index (χ0v) is 90.1. The topological polar surface area (TPSA) is 297 Å². The van der Waals surface area contributed by atoms with Crippen LogP contribution in [0.15, 0.2) is 82.1 Å². The molecule has 720 valence electrons. The highest BCUT2D eigenvalue weighted by Crippen LogP contribution is 2.47. The second-order valence-corrected chi connectivity index (χ2v) is 50.1. The van der Waals surface area contributed by atoms with Gasteiger partial charge < -0.3 is 43.0 Å². The third kappa shape index (κ3) is 31.1. The van der Waals surface area contributed by atoms with Crippen molar-refractivity contribution in [2.45, 2.75) is 281 Å². The number of methoxy groups -OCH3 is 4. The summed E-state index contributed by atoms with van der Waals surface area (Å²) < 4.78 is 41.6. The molecule has 4 aliphatic rings. The zero-order chi connectivity index (χ0) is 102. The Morgan fingerprint density at radius 1 is 0.485 bits per heavy atom. The van der Waals surface area contributed by atoms with Gasteiger partial charge in [0.1, 0.15) is 18.5 Å². The zero-order valence-electron chi connectivity index (χ0n) is 86.5. The summed E-state index contributed by atoms with van der Waals surface area (Å²) in [6.07, 6.45) is 13.3. The first-order valence-corrected chi connectivity index (χ1v) is 54.9. The molecule has 8 aromatic rings. The molecule has 4 aromatic carbocycles. The summed E-state index contributed by atoms with van der Waals surface area (Å²) in [5.41, 5.74) is 18.9. The number of hydrogen-bond donors (Lipinski definition) is 3. The normalized spacial score (nSPS) is 13.5. The summed E-state index contributed by atoms with van der Waals surface area (Å²) in [5, 5.41) is 58.5. The van der Waals surface area contributed by atoms with Crippen LogP contribution in [0.2, 0.25) is 36.3 Å². The van der Waals surface area contributed by atoms with Gasteiger partial charge in [-0.1, -0.05) is 158 Å². The number of ether oxygens (including phenoxy) is 4. The van der Waals surface area contributed by atoms with E-state index in [-0.39, 0.29) is 51.6 Å². The van der Waals surface area contributed by atoms with Crippen molar-refractivity contribution in [1.29, 1.82) is 22.3 Å². The van der Waals surface area contributed by atoms with Crippen LogP contribution < -0.4 is 24.5 Å². The summed E-state index contributed by atoms with van der Waals surface area (Å²) >= 11 is 3.76. The molecule has 136 heavy (non-hydrogen) atoms. The molecule has 0 saturated heterocycles. The Morgan fingerprint density at radius 3 is 1.21 bits per heavy atom. The highest BCUT2D eigenvalue weighted by Gasteiger charge is 2.40. The average Bonchev–Trinajstić information content (AvgIpc) is 1.69. The number of hydrogen-bond acceptors (Lipinski definition) is 18. The number of nitrogens with one attached hydrogen (secondary N) is 1. The van der Waals surface area contributed by atoms with Crippen LogP contribution in [-0.2, 0) is 34.5 Å². The standard InChI is InChI=1S/C31H42N2O3Si.C31H40N2O3Si.C24H24N2O3.C14H20BrNO.C12H11NO.CH5P/c2*1-20(2)27-28(26(18-22-12-13-22)21(3)33-30(27)35-7)29(34)25-16-23(15-24(17-25)19-32)11-10-14-36-37(8,9)31(4,5)6;1-14(2)21-22(20(12-16-6-7-16)15(3)26-24(21)29)23(28)19-10-17(5-4-8-27)9-18(11-19)13-25;1-8(2)12-13(15)11(7-10-5-6-10)9(3)16-14(12)17-4;1-3-4-5-10-6-11(9-13)8-12(7-10)14-2;1-2/h15-17,20,22,29,34H,12-14,18H2,1-9H3;15-17,20,22H,12-14,18H2,1-9H3;9-11,14,16,27H,6-8,12H2,1-3H3,(H,26,29);8,10H,5-7H2,1-4H3;6-8H,3H2,1-2H3;2H2,1H3/i;;;;;2D. The molecule has 0 aliphatic heterocycles. The van der Waals surface area contributed by atoms with Crippen molar-refractivity contribution in [2.24, 2.45) is 23.7 Å². The number of aliphatic hydroxyl groups is 2. The number of carbonyl (C=O) groups is 2. The Labute approximate surface area is 825 Å². The molecule has 4 aromatic heterocycles. The molecule has 0 spiro atoms. The van der Waals surface area contributed by atoms with Crippen molar-refractivity contribution in [1.82, 2.24) is 19.9 Å². The molecule has 4 heterocycles. The molecule has 12 rings (SSSR count). The lowest BCUT2D eigenvalue weighted by Crippen LogP contribution is -2.40. The highest BCUT2D eigenvalue weighted by atomic mass is 79.9. The second kappa shape index (κ2) is 51.0. The number of aliphatic hydroxyl groups excluding tert-OH is 2. The van der Waals surface area contributed by atoms with Crippen LogP contribution >= 0.6 is 25.1 Å². The van der Waals surface area contributed by atoms with Gasteiger partial charge in [-0.15, -0.1) is 9.18 Å². The lowest BCUT2D eigenvalue weighted by Gasteiger charge is -2.35. The van der Waals surface area contributed by atoms with Crippen molar-refractivity contribution in [3.63, 3.8) is 0 Å². The van der Waals surface area contributed by atoms with Gasteiger partial charge in [0.15, 0.2) is 28.2 Å². The number of nitrogens with zero attached hydrogens (tertiary/aromatic N) is 7. The van der Waals surface area contributed by atoms with Gasteiger partial charge >= 0.3 is 0 Å². The largest absolute Gasteiger partial charge is 0.497 e. The van der Waals surface area contributed by atoms with Gasteiger partial charge in [-0.3, -0.25) is 14.4 Å². The van der Waals surface area contributed by atoms with Crippen LogP contribution in [0, 0.1) is 144 Å². The molecule has 2 atom stereocenters. The lowest BCUT2D eigenvalue weighted by atomic mass is 9.85. The van der Waals surface area contributed by atoms with Gasteiger partial charge in [-0.2, -0.15) is 21.0 Å². The number of rotatable bonds is 26. The van der Waals surface area contributed by atoms with E-state index in [9.17, 15) is 35.3 Å². The van der Waals surface area contributed by atoms with E-state index in [4.69, 9.17) is 49.4 Å². The first kappa shape index (κ1) is 111. The highest BCUT2D eigenvalue weighted by molar-refractivity contribution is 9.10. The van der Waals surface area contributed by atoms with Crippen LogP contribution in [0.1, 0.15) is 346 Å². The average molecular weight is 1960 g/mol. The number of pyridine rings is 4. The minimum absolute atomic E-state index is 0.0471. The van der Waals surface area contributed by atoms with Crippen LogP contribution in [0.5, 0.6) is 23.4 Å². The molecule has 2 unspecified atom stereocenters. The molecule has 0 radical (unpaired) electrons. The van der Waals surface area contributed by atoms with E-state index in [2.05, 4.69) is 214 Å². The lowest BCUT2D eigenvalue weighted by molar-refractivity contribution is 0.102. The molecular formula is C113H142BrN8O11PSi2. The number of aromatic nitrogens is 4. The summed E-state index contributed by atoms with van der Waals surface area (Å²) in [6, 6.07) is 29.1. The molecule has 0 amide bonds. The van der Waals surface area contributed by atoms with E-state index in [1.807, 2.05) is 60.3 Å². The Hall–Kier alpha value is -10.8. The molecule has 3 N–H and O–H groups in total. The van der Waals surface area contributed by atoms with E-state index in [1.165, 1.54) is 60.2 Å². The molecular weight excluding hydrogens is 1810 g/mol. The predicted octanol–water partition coefficient (Wildman–Crippen LogP) is 24.0. The van der Waals surface area contributed by atoms with Gasteiger partial charge in [0, 0.05) is 100 Å². The fourth-order valence-corrected chi connectivity index (χ4v) is 18.2. The molecule has 23 heteroatoms. The van der Waals surface area contributed by atoms with Gasteiger partial charge in [-0.05, 0) is 310 Å². The predicted molar refractivity (Wildman–Crippen MR) is 557 cm³/mol. The minimum Gasteiger partial charge on any atom is -0.497 e. The first-order valence-electron chi connectivity index (χ1n) is 47.8. The van der Waals surface area contributed by atoms with Crippen molar-refractivity contribution in [3.8, 4) is 95.0 Å². The van der Waals surface area contributed by atoms with Gasteiger partial charge in [-0.25, -0.2) is 15.0 Å². The Morgan fingerprint density at radius 2 is 0.816 bits per heavy atom. The van der Waals surface area contributed by atoms with Crippen LogP contribution in [0.3, 0.4) is 0 Å². The molecule has 4 saturated carbocycles. The van der Waals surface area contributed by atoms with Crippen LogP contribution in [-0.4, -0.2) is 115 Å². The fourth-order valence-electron chi connectivity index (χ4n) is 15.4. The number of carbonyl (C=O) groups excluding carboxylic acids is 2. The number of nitriles is 4. The maximum absolute atomic E-state index is 14.1. The quantitative estimate of drug-likeness (QED) is 0.0196. The summed E-state index contributed by atoms with van der Waals surface area (Å²) in [4.78, 5) is 57.5. The molecule has 4 fully saturated rings. The van der Waals surface area contributed by atoms with E-state index < -0.39 is 22.7 Å². The maximum atomic E-state index is 14.1. The molecule has 4 aliphatic carbocycles. The Balaban J connectivity index is 0.000000241. The molecule has 0 bridgehead atoms. The maximum Gasteiger partial charge on any atom is 0.252 e. The summed E-state index contributed by atoms with van der Waals surface area (Å²) in [5.74, 6) is 29.0. The Bertz CT molecular complexity index is 6170. The van der Waals surface area contributed by atoms with Crippen molar-refractivity contribution < 1.29 is 47.6 Å². The minimum atomic E-state index is -1.91. The third-order valence-corrected chi connectivity index (χ3v) is 35.4. The number of ketones is 2. The van der Waals surface area contributed by atoms with Crippen LogP contribution in [0.25, 0.3) is 0 Å². The Kier molecular flexibility index (Phi) is 41.5. The third-order valence-electron chi connectivity index (χ3n) is 25.6. The van der Waals surface area contributed by atoms with Gasteiger partial charge in [0.05, 0.1) is 89.5 Å². The SMILES string of the molecule is CCC#Cc1cc(C#N)cc(OC)c1.COc1nc(C)c(CC2CC2)c(Br)c1C(C)C.COc1nc(C)c(CC2CC2)c(C(=O)c2cc(C#N)cc(C#CCO[Si](C)(C)C(C)(C)C)c2)c1C(C)C.COc1nc(C)c(CC2CC2)c(C(O)c2cc(C#N)cc(C#CCO[Si](C)(C)C(C)(C)C)c2)c1C(C)C.Cc1[nH]c(=O)c(C(C)C)c(C(=O)c2cc(C#N)cc(C#CCO)c2)c1CC1CC1.[2H]PC. The number of benzene rings is 4. The summed E-state index contributed by atoms with van der Waals surface area (Å²) in [7, 11) is 3.03. The van der Waals surface area contributed by atoms with Gasteiger partial charge in [0.25, 0.3) is 5.56 Å². The van der Waals surface area contributed by atoms with E-state index in [0.717, 1.165) is 118 Å². The van der Waals surface area contributed by atoms with Crippen molar-refractivity contribution in [3.05, 3.63) is 233 Å². The summed E-state index contributed by atoms with van der Waals surface area (Å²) in [6.45, 7) is 50.5. The van der Waals surface area contributed by atoms with Gasteiger partial charge in [0.2, 0.25) is 17.6 Å². The number of halogens is 1. The number of aryl methyl sites for hydroxylation is 4. The monoisotopic (exact) mass is 1950 g/mol. The fraction of sp³-hybridized carbons (Fsp3) is 0.487. The van der Waals surface area contributed by atoms with E-state index >= 15 is 0 Å². The van der Waals surface area contributed by atoms with E-state index in [0.29, 0.717) is 136 Å². The van der Waals surface area contributed by atoms with Crippen LogP contribution in [0.4, 0.5) is 0 Å². The van der Waals surface area contributed by atoms with Crippen molar-refractivity contribution >= 4 is 53.3 Å². The molecule has 19 nitrogen and oxygen atoms in total. The smallest absolute Gasteiger partial charge is 0.252 e. The van der Waals surface area contributed by atoms with E-state index in [1.54, 1.807) is 83.0 Å². The van der Waals surface area contributed by atoms with Crippen molar-refractivity contribution in [2.75, 3.05) is 54.9 Å². The number of H-pyrrole nitrogens is 1. The first-order chi connectivity index (χ1) is 64.7. The number of aromatic amines is 1.